The molecule has 0 bridgehead atoms. The third kappa shape index (κ3) is 4.10. The molecule has 0 spiro atoms. The first-order valence-electron chi connectivity index (χ1n) is 6.21. The summed E-state index contributed by atoms with van der Waals surface area (Å²) >= 11 is 1.73. The highest BCUT2D eigenvalue weighted by Crippen LogP contribution is 2.33. The molecule has 0 saturated heterocycles. The van der Waals surface area contributed by atoms with Gasteiger partial charge in [0.05, 0.1) is 5.75 Å². The van der Waals surface area contributed by atoms with Crippen LogP contribution in [-0.2, 0) is 7.05 Å². The Bertz CT molecular complexity index is 747. The van der Waals surface area contributed by atoms with E-state index in [1.165, 1.54) is 12.1 Å². The molecule has 1 heterocycles. The van der Waals surface area contributed by atoms with Crippen molar-refractivity contribution in [3.05, 3.63) is 34.1 Å². The molecule has 0 aliphatic heterocycles. The van der Waals surface area contributed by atoms with E-state index in [9.17, 15) is 17.6 Å². The van der Waals surface area contributed by atoms with Crippen LogP contribution in [0.15, 0.2) is 22.0 Å². The molecular formula is C13H13F4N3S2. The summed E-state index contributed by atoms with van der Waals surface area (Å²) in [5.41, 5.74) is 0.463. The normalized spacial score (nSPS) is 13.0. The first-order valence-corrected chi connectivity index (χ1v) is 7.97. The highest BCUT2D eigenvalue weighted by atomic mass is 32.2. The Balaban J connectivity index is 2.41. The summed E-state index contributed by atoms with van der Waals surface area (Å²) < 4.78 is 56.7. The maximum Gasteiger partial charge on any atom is 0.398 e. The topological polar surface area (TPSA) is 30.2 Å². The van der Waals surface area contributed by atoms with Crippen molar-refractivity contribution in [1.29, 1.82) is 0 Å². The van der Waals surface area contributed by atoms with Crippen molar-refractivity contribution < 1.29 is 17.6 Å². The van der Waals surface area contributed by atoms with Gasteiger partial charge in [0.15, 0.2) is 0 Å². The first-order chi connectivity index (χ1) is 10.2. The van der Waals surface area contributed by atoms with Crippen molar-refractivity contribution in [2.45, 2.75) is 24.9 Å². The number of alkyl halides is 3. The van der Waals surface area contributed by atoms with E-state index in [-0.39, 0.29) is 5.69 Å². The minimum Gasteiger partial charge on any atom is -0.307 e. The summed E-state index contributed by atoms with van der Waals surface area (Å²) in [6, 6.07) is 2.54. The van der Waals surface area contributed by atoms with Gasteiger partial charge in [-0.3, -0.25) is 0 Å². The van der Waals surface area contributed by atoms with Gasteiger partial charge in [-0.1, -0.05) is 0 Å². The molecule has 0 saturated carbocycles. The predicted molar refractivity (Wildman–Crippen MR) is 79.0 cm³/mol. The van der Waals surface area contributed by atoms with Crippen LogP contribution in [-0.4, -0.2) is 20.9 Å². The number of benzene rings is 1. The number of rotatable bonds is 3. The van der Waals surface area contributed by atoms with Crippen molar-refractivity contribution in [3.8, 4) is 0 Å². The van der Waals surface area contributed by atoms with E-state index >= 15 is 0 Å². The molecule has 0 fully saturated rings. The van der Waals surface area contributed by atoms with Crippen LogP contribution in [0.25, 0.3) is 0 Å². The molecule has 2 rings (SSSR count). The molecule has 0 amide bonds. The van der Waals surface area contributed by atoms with Crippen LogP contribution in [0.5, 0.6) is 0 Å². The van der Waals surface area contributed by atoms with Crippen molar-refractivity contribution in [3.63, 3.8) is 0 Å². The molecule has 1 aromatic heterocycles. The summed E-state index contributed by atoms with van der Waals surface area (Å²) in [4.78, 5) is 5.00. The van der Waals surface area contributed by atoms with Gasteiger partial charge >= 0.3 is 6.18 Å². The molecule has 1 aromatic carbocycles. The lowest BCUT2D eigenvalue weighted by Crippen LogP contribution is -2.11. The van der Waals surface area contributed by atoms with E-state index in [4.69, 9.17) is 0 Å². The third-order valence-electron chi connectivity index (χ3n) is 2.88. The van der Waals surface area contributed by atoms with Gasteiger partial charge in [-0.15, -0.1) is 11.8 Å². The zero-order chi connectivity index (χ0) is 16.5. The summed E-state index contributed by atoms with van der Waals surface area (Å²) in [5.74, 6) is -0.866. The smallest absolute Gasteiger partial charge is 0.307 e. The first kappa shape index (κ1) is 17.0. The van der Waals surface area contributed by atoms with Gasteiger partial charge in [0.2, 0.25) is 4.80 Å². The number of nitrogens with zero attached hydrogens (tertiary/aromatic N) is 3. The predicted octanol–water partition coefficient (Wildman–Crippen LogP) is 4.12. The second kappa shape index (κ2) is 6.41. The molecule has 0 aliphatic rings. The largest absolute Gasteiger partial charge is 0.398 e. The molecule has 120 valence electrons. The summed E-state index contributed by atoms with van der Waals surface area (Å²) in [6.45, 7) is 3.36. The van der Waals surface area contributed by atoms with E-state index in [0.717, 1.165) is 17.4 Å². The lowest BCUT2D eigenvalue weighted by Gasteiger charge is -2.09. The van der Waals surface area contributed by atoms with Crippen LogP contribution in [0.2, 0.25) is 0 Å². The van der Waals surface area contributed by atoms with Crippen LogP contribution in [0.4, 0.5) is 23.2 Å². The van der Waals surface area contributed by atoms with E-state index in [2.05, 4.69) is 9.37 Å². The van der Waals surface area contributed by atoms with Crippen LogP contribution < -0.4 is 4.80 Å². The van der Waals surface area contributed by atoms with Crippen LogP contribution in [0, 0.1) is 19.7 Å². The van der Waals surface area contributed by atoms with Crippen LogP contribution in [0.3, 0.4) is 0 Å². The van der Waals surface area contributed by atoms with Gasteiger partial charge in [0.1, 0.15) is 17.3 Å². The lowest BCUT2D eigenvalue weighted by atomic mass is 10.2. The zero-order valence-corrected chi connectivity index (χ0v) is 13.7. The highest BCUT2D eigenvalue weighted by molar-refractivity contribution is 7.99. The lowest BCUT2D eigenvalue weighted by molar-refractivity contribution is -0.105. The van der Waals surface area contributed by atoms with Crippen molar-refractivity contribution in [2.75, 3.05) is 5.75 Å². The van der Waals surface area contributed by atoms with Gasteiger partial charge in [-0.25, -0.2) is 9.38 Å². The van der Waals surface area contributed by atoms with Gasteiger partial charge < -0.3 is 4.57 Å². The standard InChI is InChI=1S/C13H13F4N3S2/c1-7-4-9(14)10(5-11(7)21-6-13(15,16)17)18-12-20(3)8(2)19-22-12/h4-5H,6H2,1-3H3/b18-12-. The van der Waals surface area contributed by atoms with Crippen LogP contribution in [0.1, 0.15) is 11.4 Å². The SMILES string of the molecule is Cc1cc(F)c(/N=c2\snc(C)n2C)cc1SCC(F)(F)F. The molecule has 2 aromatic rings. The second-order valence-corrected chi connectivity index (χ2v) is 6.40. The number of halogens is 4. The molecule has 0 aliphatic carbocycles. The van der Waals surface area contributed by atoms with E-state index in [0.29, 0.717) is 27.0 Å². The highest BCUT2D eigenvalue weighted by Gasteiger charge is 2.27. The Morgan fingerprint density at radius 1 is 1.32 bits per heavy atom. The fourth-order valence-corrected chi connectivity index (χ4v) is 3.14. The molecule has 22 heavy (non-hydrogen) atoms. The fourth-order valence-electron chi connectivity index (χ4n) is 1.61. The summed E-state index contributed by atoms with van der Waals surface area (Å²) in [5, 5.41) is 0. The van der Waals surface area contributed by atoms with Crippen molar-refractivity contribution >= 4 is 29.0 Å². The van der Waals surface area contributed by atoms with Gasteiger partial charge in [-0.2, -0.15) is 17.5 Å². The number of hydrogen-bond donors (Lipinski definition) is 0. The van der Waals surface area contributed by atoms with E-state index < -0.39 is 17.7 Å². The molecule has 9 heteroatoms. The molecule has 3 nitrogen and oxygen atoms in total. The van der Waals surface area contributed by atoms with Crippen molar-refractivity contribution in [2.24, 2.45) is 12.0 Å². The second-order valence-electron chi connectivity index (χ2n) is 4.66. The van der Waals surface area contributed by atoms with Gasteiger partial charge in [0, 0.05) is 23.5 Å². The average Bonchev–Trinajstić information content (AvgIpc) is 2.71. The summed E-state index contributed by atoms with van der Waals surface area (Å²) in [6.07, 6.45) is -4.27. The van der Waals surface area contributed by atoms with Gasteiger partial charge in [-0.05, 0) is 31.5 Å². The Labute approximate surface area is 132 Å². The molecular weight excluding hydrogens is 338 g/mol. The van der Waals surface area contributed by atoms with Crippen molar-refractivity contribution in [1.82, 2.24) is 8.94 Å². The fraction of sp³-hybridized carbons (Fsp3) is 0.385. The minimum atomic E-state index is -4.27. The monoisotopic (exact) mass is 351 g/mol. The molecule has 0 unspecified atom stereocenters. The van der Waals surface area contributed by atoms with Crippen LogP contribution >= 0.6 is 23.3 Å². The number of thioether (sulfide) groups is 1. The number of aryl methyl sites for hydroxylation is 2. The quantitative estimate of drug-likeness (QED) is 0.615. The molecule has 0 atom stereocenters. The Kier molecular flexibility index (Phi) is 4.96. The summed E-state index contributed by atoms with van der Waals surface area (Å²) in [7, 11) is 1.74. The zero-order valence-electron chi connectivity index (χ0n) is 12.0. The molecule has 0 radical (unpaired) electrons. The van der Waals surface area contributed by atoms with E-state index in [1.807, 2.05) is 0 Å². The maximum absolute atomic E-state index is 14.0. The Morgan fingerprint density at radius 2 is 2.00 bits per heavy atom. The van der Waals surface area contributed by atoms with E-state index in [1.54, 1.807) is 25.5 Å². The average molecular weight is 351 g/mol. The number of hydrogen-bond acceptors (Lipinski definition) is 4. The maximum atomic E-state index is 14.0. The minimum absolute atomic E-state index is 0.00882. The number of aromatic nitrogens is 2. The third-order valence-corrected chi connectivity index (χ3v) is 4.99. The molecule has 0 N–H and O–H groups in total. The Morgan fingerprint density at radius 3 is 2.55 bits per heavy atom. The van der Waals surface area contributed by atoms with Gasteiger partial charge in [0.25, 0.3) is 0 Å². The Hall–Kier alpha value is -1.35.